The predicted octanol–water partition coefficient (Wildman–Crippen LogP) is 18.5. The second-order valence-electron chi connectivity index (χ2n) is 22.8. The van der Waals surface area contributed by atoms with Crippen LogP contribution in [0.5, 0.6) is 0 Å². The molecule has 0 aromatic heterocycles. The molecule has 0 spiro atoms. The van der Waals surface area contributed by atoms with E-state index in [1.54, 1.807) is 6.08 Å². The predicted molar refractivity (Wildman–Crippen MR) is 307 cm³/mol. The molecule has 1 amide bonds. The largest absolute Gasteiger partial charge is 0.756 e. The molecule has 8 nitrogen and oxygen atoms in total. The number of quaternary nitrogens is 1. The third kappa shape index (κ3) is 56.5. The van der Waals surface area contributed by atoms with Gasteiger partial charge in [0.25, 0.3) is 7.82 Å². The third-order valence-corrected chi connectivity index (χ3v) is 15.4. The molecule has 3 unspecified atom stereocenters. The van der Waals surface area contributed by atoms with E-state index in [0.29, 0.717) is 17.4 Å². The lowest BCUT2D eigenvalue weighted by atomic mass is 10.0. The van der Waals surface area contributed by atoms with Gasteiger partial charge in [-0.25, -0.2) is 0 Å². The first kappa shape index (κ1) is 70.0. The minimum absolute atomic E-state index is 0.00114. The number of likely N-dealkylation sites (N-methyl/N-ethyl adjacent to an activating group) is 1. The second-order valence-corrected chi connectivity index (χ2v) is 24.2. The van der Waals surface area contributed by atoms with E-state index in [2.05, 4.69) is 31.3 Å². The van der Waals surface area contributed by atoms with Gasteiger partial charge in [0.05, 0.1) is 39.9 Å². The van der Waals surface area contributed by atoms with E-state index in [-0.39, 0.29) is 19.1 Å². The highest BCUT2D eigenvalue weighted by Gasteiger charge is 2.23. The number of phosphoric acid groups is 1. The molecular weight excluding hydrogens is 900 g/mol. The number of amides is 1. The van der Waals surface area contributed by atoms with Crippen LogP contribution in [-0.4, -0.2) is 68.5 Å². The number of carbonyl (C=O) groups excluding carboxylic acids is 1. The fourth-order valence-electron chi connectivity index (χ4n) is 9.50. The van der Waals surface area contributed by atoms with Crippen molar-refractivity contribution in [1.29, 1.82) is 0 Å². The number of aliphatic hydroxyl groups is 1. The van der Waals surface area contributed by atoms with E-state index >= 15 is 0 Å². The molecule has 71 heavy (non-hydrogen) atoms. The van der Waals surface area contributed by atoms with Crippen molar-refractivity contribution in [3.8, 4) is 0 Å². The molecule has 0 aromatic rings. The van der Waals surface area contributed by atoms with Gasteiger partial charge in [-0.3, -0.25) is 9.36 Å². The zero-order chi connectivity index (χ0) is 52.0. The maximum Gasteiger partial charge on any atom is 0.268 e. The van der Waals surface area contributed by atoms with Crippen molar-refractivity contribution in [2.24, 2.45) is 0 Å². The molecule has 0 aromatic carbocycles. The minimum Gasteiger partial charge on any atom is -0.756 e. The molecule has 0 bridgehead atoms. The van der Waals surface area contributed by atoms with Gasteiger partial charge in [0, 0.05) is 6.42 Å². The Kier molecular flexibility index (Phi) is 53.0. The van der Waals surface area contributed by atoms with Crippen LogP contribution in [0.2, 0.25) is 0 Å². The number of phosphoric ester groups is 1. The number of hydrogen-bond acceptors (Lipinski definition) is 6. The average molecular weight is 1020 g/mol. The summed E-state index contributed by atoms with van der Waals surface area (Å²) in [6.07, 6.45) is 68.7. The van der Waals surface area contributed by atoms with Crippen LogP contribution in [0.1, 0.15) is 316 Å². The first-order valence-electron chi connectivity index (χ1n) is 31.2. The van der Waals surface area contributed by atoms with Crippen LogP contribution < -0.4 is 10.2 Å². The Bertz CT molecular complexity index is 1210. The zero-order valence-corrected chi connectivity index (χ0v) is 49.1. The molecule has 0 saturated carbocycles. The monoisotopic (exact) mass is 1020 g/mol. The maximum atomic E-state index is 12.9. The topological polar surface area (TPSA) is 108 Å². The summed E-state index contributed by atoms with van der Waals surface area (Å²) in [5, 5.41) is 13.8. The van der Waals surface area contributed by atoms with Crippen molar-refractivity contribution in [1.82, 2.24) is 5.32 Å². The standard InChI is InChI=1S/C62H123N2O6P/c1-6-8-10-12-14-16-18-20-21-22-23-24-25-26-27-28-29-30-31-32-33-34-35-36-37-38-39-40-41-42-43-44-46-48-50-52-54-56-62(66)63-60(59-70-71(67,68)69-58-57-64(3,4)5)61(65)55-53-51-49-47-45-19-17-15-13-11-9-7-2/h30-31,53,55,60-61,65H,6-29,32-52,54,56-59H2,1-5H3,(H-,63,66,67,68)/b31-30-,55-53+. The average Bonchev–Trinajstić information content (AvgIpc) is 3.33. The van der Waals surface area contributed by atoms with Gasteiger partial charge in [-0.15, -0.1) is 0 Å². The molecule has 0 radical (unpaired) electrons. The Labute approximate surface area is 443 Å². The highest BCUT2D eigenvalue weighted by Crippen LogP contribution is 2.38. The summed E-state index contributed by atoms with van der Waals surface area (Å²) in [6.45, 7) is 4.67. The summed E-state index contributed by atoms with van der Waals surface area (Å²) < 4.78 is 23.3. The molecule has 0 aliphatic rings. The fraction of sp³-hybridized carbons (Fsp3) is 0.919. The number of hydrogen-bond donors (Lipinski definition) is 2. The number of nitrogens with one attached hydrogen (secondary N) is 1. The van der Waals surface area contributed by atoms with E-state index in [4.69, 9.17) is 9.05 Å². The lowest BCUT2D eigenvalue weighted by Crippen LogP contribution is -2.45. The first-order valence-corrected chi connectivity index (χ1v) is 32.7. The van der Waals surface area contributed by atoms with E-state index < -0.39 is 20.0 Å². The zero-order valence-electron chi connectivity index (χ0n) is 48.2. The number of allylic oxidation sites excluding steroid dienone is 3. The Hall–Kier alpha value is -1.02. The summed E-state index contributed by atoms with van der Waals surface area (Å²) in [7, 11) is 1.27. The van der Waals surface area contributed by atoms with Gasteiger partial charge in [-0.2, -0.15) is 0 Å². The molecular formula is C62H123N2O6P. The van der Waals surface area contributed by atoms with Crippen molar-refractivity contribution >= 4 is 13.7 Å². The lowest BCUT2D eigenvalue weighted by Gasteiger charge is -2.29. The normalized spacial score (nSPS) is 14.0. The minimum atomic E-state index is -4.59. The molecule has 2 N–H and O–H groups in total. The van der Waals surface area contributed by atoms with E-state index in [9.17, 15) is 19.4 Å². The van der Waals surface area contributed by atoms with Crippen molar-refractivity contribution in [3.05, 3.63) is 24.3 Å². The molecule has 0 aliphatic carbocycles. The van der Waals surface area contributed by atoms with Crippen LogP contribution in [0.3, 0.4) is 0 Å². The molecule has 0 aliphatic heterocycles. The van der Waals surface area contributed by atoms with Crippen LogP contribution in [0.15, 0.2) is 24.3 Å². The first-order chi connectivity index (χ1) is 34.5. The van der Waals surface area contributed by atoms with Crippen LogP contribution in [0.4, 0.5) is 0 Å². The van der Waals surface area contributed by atoms with Crippen LogP contribution >= 0.6 is 7.82 Å². The summed E-state index contributed by atoms with van der Waals surface area (Å²) >= 11 is 0. The molecule has 9 heteroatoms. The Morgan fingerprint density at radius 2 is 0.775 bits per heavy atom. The Morgan fingerprint density at radius 1 is 0.479 bits per heavy atom. The summed E-state index contributed by atoms with van der Waals surface area (Å²) in [5.74, 6) is -0.193. The Balaban J connectivity index is 3.88. The summed E-state index contributed by atoms with van der Waals surface area (Å²) in [6, 6.07) is -0.883. The van der Waals surface area contributed by atoms with Crippen LogP contribution in [0.25, 0.3) is 0 Å². The van der Waals surface area contributed by atoms with Crippen molar-refractivity contribution in [2.75, 3.05) is 40.9 Å². The van der Waals surface area contributed by atoms with Gasteiger partial charge in [0.15, 0.2) is 0 Å². The van der Waals surface area contributed by atoms with E-state index in [0.717, 1.165) is 38.5 Å². The SMILES string of the molecule is CCCCCCCCCCCC/C=C/C(O)C(COP(=O)([O-])OCC[N+](C)(C)C)NC(=O)CCCCCCCCCCCCCCCCCCC/C=C\CCCCCCCCCCCCCCCCCC. The van der Waals surface area contributed by atoms with Gasteiger partial charge >= 0.3 is 0 Å². The molecule has 0 fully saturated rings. The molecule has 0 rings (SSSR count). The van der Waals surface area contributed by atoms with Crippen LogP contribution in [0, 0.1) is 0 Å². The number of carbonyl (C=O) groups is 1. The maximum absolute atomic E-state index is 12.9. The van der Waals surface area contributed by atoms with Gasteiger partial charge in [0.1, 0.15) is 13.2 Å². The van der Waals surface area contributed by atoms with Gasteiger partial charge < -0.3 is 28.8 Å². The second kappa shape index (κ2) is 53.8. The summed E-state index contributed by atoms with van der Waals surface area (Å²) in [5.41, 5.74) is 0. The highest BCUT2D eigenvalue weighted by molar-refractivity contribution is 7.45. The van der Waals surface area contributed by atoms with Crippen molar-refractivity contribution < 1.29 is 32.9 Å². The number of unbranched alkanes of at least 4 members (excludes halogenated alkanes) is 43. The fourth-order valence-corrected chi connectivity index (χ4v) is 10.2. The molecule has 422 valence electrons. The van der Waals surface area contributed by atoms with Gasteiger partial charge in [-0.1, -0.05) is 289 Å². The molecule has 3 atom stereocenters. The van der Waals surface area contributed by atoms with Crippen molar-refractivity contribution in [3.63, 3.8) is 0 Å². The third-order valence-electron chi connectivity index (χ3n) is 14.4. The van der Waals surface area contributed by atoms with E-state index in [1.807, 2.05) is 27.2 Å². The number of rotatable bonds is 58. The summed E-state index contributed by atoms with van der Waals surface area (Å²) in [4.78, 5) is 25.4. The quantitative estimate of drug-likeness (QED) is 0.0272. The van der Waals surface area contributed by atoms with Crippen LogP contribution in [-0.2, 0) is 18.4 Å². The molecule has 0 heterocycles. The highest BCUT2D eigenvalue weighted by atomic mass is 31.2. The molecule has 0 saturated heterocycles. The van der Waals surface area contributed by atoms with Crippen molar-refractivity contribution in [2.45, 2.75) is 328 Å². The number of aliphatic hydroxyl groups excluding tert-OH is 1. The van der Waals surface area contributed by atoms with E-state index in [1.165, 1.54) is 257 Å². The smallest absolute Gasteiger partial charge is 0.268 e. The lowest BCUT2D eigenvalue weighted by molar-refractivity contribution is -0.870. The Morgan fingerprint density at radius 3 is 1.10 bits per heavy atom. The van der Waals surface area contributed by atoms with Gasteiger partial charge in [-0.05, 0) is 44.9 Å². The number of nitrogens with zero attached hydrogens (tertiary/aromatic N) is 1. The van der Waals surface area contributed by atoms with Gasteiger partial charge in [0.2, 0.25) is 5.91 Å².